The molecule has 2 rings (SSSR count). The molecule has 1 saturated carbocycles. The summed E-state index contributed by atoms with van der Waals surface area (Å²) in [5.74, 6) is 0.753. The van der Waals surface area contributed by atoms with Gasteiger partial charge in [0.1, 0.15) is 5.15 Å². The summed E-state index contributed by atoms with van der Waals surface area (Å²) in [5.41, 5.74) is 0. The van der Waals surface area contributed by atoms with E-state index in [1.165, 1.54) is 37.0 Å². The lowest BCUT2D eigenvalue weighted by atomic mass is 9.88. The molecule has 1 aromatic heterocycles. The Labute approximate surface area is 81.9 Å². The molecule has 0 amide bonds. The third-order valence-electron chi connectivity index (χ3n) is 2.51. The van der Waals surface area contributed by atoms with Gasteiger partial charge in [-0.3, -0.25) is 0 Å². The molecule has 1 nitrogen and oxygen atoms in total. The van der Waals surface area contributed by atoms with E-state index in [0.29, 0.717) is 5.15 Å². The normalized spacial score (nSPS) is 19.8. The first-order valence-corrected chi connectivity index (χ1v) is 5.63. The molecule has 0 atom stereocenters. The van der Waals surface area contributed by atoms with Crippen molar-refractivity contribution in [2.45, 2.75) is 38.0 Å². The number of nitrogens with zero attached hydrogens (tertiary/aromatic N) is 1. The van der Waals surface area contributed by atoms with Crippen molar-refractivity contribution >= 4 is 23.1 Å². The summed E-state index contributed by atoms with van der Waals surface area (Å²) >= 11 is 7.35. The van der Waals surface area contributed by atoms with Crippen molar-refractivity contribution in [1.29, 1.82) is 0 Å². The highest BCUT2D eigenvalue weighted by Gasteiger charge is 2.17. The summed E-state index contributed by atoms with van der Waals surface area (Å²) in [7, 11) is 0. The fourth-order valence-electron chi connectivity index (χ4n) is 1.85. The first-order valence-electron chi connectivity index (χ1n) is 4.48. The topological polar surface area (TPSA) is 12.9 Å². The predicted octanol–water partition coefficient (Wildman–Crippen LogP) is 3.84. The molecule has 1 aliphatic carbocycles. The van der Waals surface area contributed by atoms with Gasteiger partial charge in [-0.2, -0.15) is 4.37 Å². The summed E-state index contributed by atoms with van der Waals surface area (Å²) in [6.45, 7) is 0. The van der Waals surface area contributed by atoms with Crippen LogP contribution in [0.15, 0.2) is 6.07 Å². The first kappa shape index (κ1) is 8.52. The van der Waals surface area contributed by atoms with E-state index in [9.17, 15) is 0 Å². The van der Waals surface area contributed by atoms with Crippen molar-refractivity contribution in [3.63, 3.8) is 0 Å². The Balaban J connectivity index is 2.08. The number of halogens is 1. The Morgan fingerprint density at radius 3 is 2.67 bits per heavy atom. The zero-order valence-corrected chi connectivity index (χ0v) is 8.50. The van der Waals surface area contributed by atoms with Crippen molar-refractivity contribution in [3.8, 4) is 0 Å². The highest BCUT2D eigenvalue weighted by atomic mass is 35.5. The van der Waals surface area contributed by atoms with Gasteiger partial charge in [0.2, 0.25) is 0 Å². The molecule has 0 spiro atoms. The SMILES string of the molecule is Clc1cc(C2CCCCC2)sn1. The van der Waals surface area contributed by atoms with Crippen LogP contribution < -0.4 is 0 Å². The van der Waals surface area contributed by atoms with Crippen LogP contribution in [0.3, 0.4) is 0 Å². The van der Waals surface area contributed by atoms with Crippen LogP contribution in [0.2, 0.25) is 5.15 Å². The van der Waals surface area contributed by atoms with Gasteiger partial charge in [0, 0.05) is 4.88 Å². The second kappa shape index (κ2) is 3.75. The lowest BCUT2D eigenvalue weighted by molar-refractivity contribution is 0.448. The zero-order chi connectivity index (χ0) is 8.39. The van der Waals surface area contributed by atoms with E-state index in [4.69, 9.17) is 11.6 Å². The van der Waals surface area contributed by atoms with E-state index in [1.807, 2.05) is 6.07 Å². The van der Waals surface area contributed by atoms with Gasteiger partial charge in [0.05, 0.1) is 0 Å². The maximum absolute atomic E-state index is 5.78. The molecule has 0 unspecified atom stereocenters. The Morgan fingerprint density at radius 2 is 2.08 bits per heavy atom. The van der Waals surface area contributed by atoms with Gasteiger partial charge in [0.25, 0.3) is 0 Å². The molecule has 1 aliphatic rings. The predicted molar refractivity (Wildman–Crippen MR) is 53.0 cm³/mol. The molecule has 0 aromatic carbocycles. The summed E-state index contributed by atoms with van der Waals surface area (Å²) in [6, 6.07) is 2.03. The molecule has 0 saturated heterocycles. The highest BCUT2D eigenvalue weighted by molar-refractivity contribution is 7.06. The minimum atomic E-state index is 0.667. The molecule has 0 bridgehead atoms. The summed E-state index contributed by atoms with van der Waals surface area (Å²) in [4.78, 5) is 1.39. The number of hydrogen-bond donors (Lipinski definition) is 0. The van der Waals surface area contributed by atoms with Crippen molar-refractivity contribution in [2.24, 2.45) is 0 Å². The third-order valence-corrected chi connectivity index (χ3v) is 3.75. The van der Waals surface area contributed by atoms with Crippen molar-refractivity contribution in [1.82, 2.24) is 4.37 Å². The van der Waals surface area contributed by atoms with Gasteiger partial charge >= 0.3 is 0 Å². The van der Waals surface area contributed by atoms with E-state index in [2.05, 4.69) is 4.37 Å². The molecule has 0 aliphatic heterocycles. The van der Waals surface area contributed by atoms with Crippen molar-refractivity contribution < 1.29 is 0 Å². The van der Waals surface area contributed by atoms with Gasteiger partial charge in [-0.1, -0.05) is 30.9 Å². The van der Waals surface area contributed by atoms with Gasteiger partial charge < -0.3 is 0 Å². The fraction of sp³-hybridized carbons (Fsp3) is 0.667. The third kappa shape index (κ3) is 1.80. The number of hydrogen-bond acceptors (Lipinski definition) is 2. The molecule has 1 fully saturated rings. The standard InChI is InChI=1S/C9H12ClNS/c10-9-6-8(12-11-9)7-4-2-1-3-5-7/h6-7H,1-5H2. The average Bonchev–Trinajstić information content (AvgIpc) is 2.54. The van der Waals surface area contributed by atoms with Crippen LogP contribution in [0.25, 0.3) is 0 Å². The molecule has 12 heavy (non-hydrogen) atoms. The van der Waals surface area contributed by atoms with Crippen LogP contribution in [0.4, 0.5) is 0 Å². The summed E-state index contributed by atoms with van der Waals surface area (Å²) in [6.07, 6.45) is 6.82. The molecule has 1 heterocycles. The number of aromatic nitrogens is 1. The highest BCUT2D eigenvalue weighted by Crippen LogP contribution is 2.35. The van der Waals surface area contributed by atoms with E-state index >= 15 is 0 Å². The van der Waals surface area contributed by atoms with Crippen molar-refractivity contribution in [3.05, 3.63) is 16.1 Å². The zero-order valence-electron chi connectivity index (χ0n) is 6.92. The lowest BCUT2D eigenvalue weighted by Crippen LogP contribution is -2.02. The van der Waals surface area contributed by atoms with Gasteiger partial charge in [0.15, 0.2) is 0 Å². The molecule has 66 valence electrons. The monoisotopic (exact) mass is 201 g/mol. The van der Waals surface area contributed by atoms with Crippen LogP contribution in [-0.4, -0.2) is 4.37 Å². The van der Waals surface area contributed by atoms with Gasteiger partial charge in [-0.05, 0) is 36.4 Å². The minimum absolute atomic E-state index is 0.667. The second-order valence-corrected chi connectivity index (χ2v) is 4.61. The number of rotatable bonds is 1. The van der Waals surface area contributed by atoms with E-state index < -0.39 is 0 Å². The van der Waals surface area contributed by atoms with E-state index in [0.717, 1.165) is 5.92 Å². The van der Waals surface area contributed by atoms with E-state index in [-0.39, 0.29) is 0 Å². The van der Waals surface area contributed by atoms with Crippen LogP contribution in [-0.2, 0) is 0 Å². The van der Waals surface area contributed by atoms with Crippen LogP contribution >= 0.6 is 23.1 Å². The Kier molecular flexibility index (Phi) is 2.66. The quantitative estimate of drug-likeness (QED) is 0.673. The second-order valence-electron chi connectivity index (χ2n) is 3.39. The maximum Gasteiger partial charge on any atom is 0.143 e. The molecule has 1 aromatic rings. The smallest absolute Gasteiger partial charge is 0.143 e. The van der Waals surface area contributed by atoms with Gasteiger partial charge in [-0.25, -0.2) is 0 Å². The fourth-order valence-corrected chi connectivity index (χ4v) is 2.93. The Hall–Kier alpha value is -0.0800. The largest absolute Gasteiger partial charge is 0.181 e. The molecule has 0 N–H and O–H groups in total. The molecular weight excluding hydrogens is 190 g/mol. The van der Waals surface area contributed by atoms with Crippen LogP contribution in [0.5, 0.6) is 0 Å². The average molecular weight is 202 g/mol. The Morgan fingerprint density at radius 1 is 1.33 bits per heavy atom. The summed E-state index contributed by atoms with van der Waals surface area (Å²) < 4.78 is 4.10. The van der Waals surface area contributed by atoms with E-state index in [1.54, 1.807) is 11.5 Å². The Bertz CT molecular complexity index is 253. The first-order chi connectivity index (χ1) is 5.86. The maximum atomic E-state index is 5.78. The summed E-state index contributed by atoms with van der Waals surface area (Å²) in [5, 5.41) is 0.667. The van der Waals surface area contributed by atoms with Crippen molar-refractivity contribution in [2.75, 3.05) is 0 Å². The molecule has 0 radical (unpaired) electrons. The van der Waals surface area contributed by atoms with Gasteiger partial charge in [-0.15, -0.1) is 0 Å². The lowest BCUT2D eigenvalue weighted by Gasteiger charge is -2.19. The molecule has 3 heteroatoms. The minimum Gasteiger partial charge on any atom is -0.181 e. The van der Waals surface area contributed by atoms with Crippen LogP contribution in [0, 0.1) is 0 Å². The van der Waals surface area contributed by atoms with Crippen LogP contribution in [0.1, 0.15) is 42.9 Å². The molecular formula is C9H12ClNS.